The van der Waals surface area contributed by atoms with E-state index in [1.807, 2.05) is 31.7 Å². The molecule has 2 heterocycles. The van der Waals surface area contributed by atoms with Gasteiger partial charge in [-0.15, -0.1) is 0 Å². The maximum atomic E-state index is 12.3. The highest BCUT2D eigenvalue weighted by molar-refractivity contribution is 7.91. The van der Waals surface area contributed by atoms with Gasteiger partial charge in [-0.3, -0.25) is 9.69 Å². The fourth-order valence-corrected chi connectivity index (χ4v) is 4.43. The Labute approximate surface area is 138 Å². The Morgan fingerprint density at radius 3 is 2.74 bits per heavy atom. The Hall–Kier alpha value is -1.34. The van der Waals surface area contributed by atoms with Gasteiger partial charge in [-0.1, -0.05) is 6.92 Å². The molecule has 0 radical (unpaired) electrons. The van der Waals surface area contributed by atoms with Gasteiger partial charge in [0, 0.05) is 11.6 Å². The molecular weight excluding hydrogens is 316 g/mol. The molecule has 6 nitrogen and oxygen atoms in total. The number of hydrogen-bond donors (Lipinski definition) is 1. The summed E-state index contributed by atoms with van der Waals surface area (Å²) in [4.78, 5) is 14.2. The van der Waals surface area contributed by atoms with Gasteiger partial charge in [-0.25, -0.2) is 8.42 Å². The molecule has 0 unspecified atom stereocenters. The summed E-state index contributed by atoms with van der Waals surface area (Å²) < 4.78 is 28.9. The Bertz CT molecular complexity index is 623. The van der Waals surface area contributed by atoms with Crippen molar-refractivity contribution in [3.8, 4) is 0 Å². The molecule has 0 bridgehead atoms. The first-order valence-electron chi connectivity index (χ1n) is 7.98. The monoisotopic (exact) mass is 342 g/mol. The van der Waals surface area contributed by atoms with Gasteiger partial charge < -0.3 is 9.73 Å². The number of hydrogen-bond acceptors (Lipinski definition) is 5. The van der Waals surface area contributed by atoms with Crippen molar-refractivity contribution in [2.75, 3.05) is 18.1 Å². The third kappa shape index (κ3) is 5.35. The molecule has 1 aliphatic rings. The highest BCUT2D eigenvalue weighted by Crippen LogP contribution is 2.20. The Kier molecular flexibility index (Phi) is 5.52. The lowest BCUT2D eigenvalue weighted by Crippen LogP contribution is -2.49. The predicted octanol–water partition coefficient (Wildman–Crippen LogP) is 1.57. The van der Waals surface area contributed by atoms with Crippen molar-refractivity contribution in [3.05, 3.63) is 24.2 Å². The third-order valence-electron chi connectivity index (χ3n) is 4.37. The zero-order valence-corrected chi connectivity index (χ0v) is 14.9. The van der Waals surface area contributed by atoms with E-state index in [1.54, 1.807) is 12.3 Å². The molecule has 1 aromatic rings. The number of sulfone groups is 1. The number of carbonyl (C=O) groups excluding carboxylic acids is 1. The molecule has 1 N–H and O–H groups in total. The number of carbonyl (C=O) groups is 1. The molecule has 130 valence electrons. The zero-order chi connectivity index (χ0) is 17.1. The molecule has 1 amide bonds. The highest BCUT2D eigenvalue weighted by atomic mass is 32.2. The lowest BCUT2D eigenvalue weighted by atomic mass is 10.0. The van der Waals surface area contributed by atoms with Crippen LogP contribution in [0.5, 0.6) is 0 Å². The molecule has 1 aromatic heterocycles. The molecule has 7 heteroatoms. The molecule has 1 saturated heterocycles. The normalized spacial score (nSPS) is 20.8. The van der Waals surface area contributed by atoms with Gasteiger partial charge in [0.2, 0.25) is 5.91 Å². The van der Waals surface area contributed by atoms with Crippen molar-refractivity contribution < 1.29 is 17.6 Å². The van der Waals surface area contributed by atoms with Crippen LogP contribution in [-0.2, 0) is 21.2 Å². The molecule has 0 aliphatic carbocycles. The fraction of sp³-hybridized carbons (Fsp3) is 0.688. The zero-order valence-electron chi connectivity index (χ0n) is 14.0. The van der Waals surface area contributed by atoms with E-state index in [0.29, 0.717) is 13.0 Å². The van der Waals surface area contributed by atoms with Crippen molar-refractivity contribution in [1.29, 1.82) is 0 Å². The minimum absolute atomic E-state index is 0.0901. The third-order valence-corrected chi connectivity index (χ3v) is 6.12. The number of amides is 1. The minimum atomic E-state index is -3.00. The molecule has 1 atom stereocenters. The van der Waals surface area contributed by atoms with Crippen molar-refractivity contribution in [3.63, 3.8) is 0 Å². The molecule has 0 saturated carbocycles. The summed E-state index contributed by atoms with van der Waals surface area (Å²) in [5.41, 5.74) is -0.269. The number of furan rings is 1. The predicted molar refractivity (Wildman–Crippen MR) is 88.7 cm³/mol. The summed E-state index contributed by atoms with van der Waals surface area (Å²) in [5.74, 6) is 0.941. The maximum Gasteiger partial charge on any atom is 0.234 e. The summed E-state index contributed by atoms with van der Waals surface area (Å²) in [6, 6.07) is 3.49. The van der Waals surface area contributed by atoms with Crippen LogP contribution in [0.2, 0.25) is 0 Å². The van der Waals surface area contributed by atoms with Crippen molar-refractivity contribution in [2.45, 2.75) is 51.7 Å². The highest BCUT2D eigenvalue weighted by Gasteiger charge is 2.34. The summed E-state index contributed by atoms with van der Waals surface area (Å²) >= 11 is 0. The largest absolute Gasteiger partial charge is 0.468 e. The van der Waals surface area contributed by atoms with Crippen LogP contribution in [0.4, 0.5) is 0 Å². The second-order valence-corrected chi connectivity index (χ2v) is 9.06. The summed E-state index contributed by atoms with van der Waals surface area (Å²) in [6.45, 7) is 6.57. The summed E-state index contributed by atoms with van der Waals surface area (Å²) in [7, 11) is -3.00. The van der Waals surface area contributed by atoms with Crippen LogP contribution in [-0.4, -0.2) is 48.9 Å². The molecule has 0 spiro atoms. The Morgan fingerprint density at radius 2 is 2.22 bits per heavy atom. The van der Waals surface area contributed by atoms with E-state index in [0.717, 1.165) is 12.2 Å². The lowest BCUT2D eigenvalue weighted by Gasteiger charge is -2.30. The first kappa shape index (κ1) is 18.0. The first-order valence-corrected chi connectivity index (χ1v) is 9.81. The topological polar surface area (TPSA) is 79.6 Å². The van der Waals surface area contributed by atoms with Gasteiger partial charge in [0.1, 0.15) is 5.76 Å². The van der Waals surface area contributed by atoms with Crippen LogP contribution in [0.15, 0.2) is 22.8 Å². The smallest absolute Gasteiger partial charge is 0.234 e. The Morgan fingerprint density at radius 1 is 1.48 bits per heavy atom. The number of nitrogens with one attached hydrogen (secondary N) is 1. The van der Waals surface area contributed by atoms with E-state index >= 15 is 0 Å². The van der Waals surface area contributed by atoms with E-state index in [9.17, 15) is 13.2 Å². The standard InChI is InChI=1S/C16H26N2O4S/c1-4-16(2,3)17-15(19)11-18(10-14-6-5-8-22-14)13-7-9-23(20,21)12-13/h5-6,8,13H,4,7,9-12H2,1-3H3,(H,17,19)/t13-/m0/s1. The van der Waals surface area contributed by atoms with Gasteiger partial charge in [-0.05, 0) is 38.8 Å². The number of nitrogens with zero attached hydrogens (tertiary/aromatic N) is 1. The maximum absolute atomic E-state index is 12.3. The molecule has 2 rings (SSSR count). The molecule has 1 aliphatic heterocycles. The van der Waals surface area contributed by atoms with Crippen LogP contribution in [0, 0.1) is 0 Å². The van der Waals surface area contributed by atoms with Gasteiger partial charge in [0.15, 0.2) is 9.84 Å². The SMILES string of the molecule is CCC(C)(C)NC(=O)CN(Cc1ccco1)[C@H]1CCS(=O)(=O)C1. The van der Waals surface area contributed by atoms with Crippen LogP contribution >= 0.6 is 0 Å². The number of rotatable bonds is 7. The average molecular weight is 342 g/mol. The van der Waals surface area contributed by atoms with Crippen molar-refractivity contribution in [1.82, 2.24) is 10.2 Å². The Balaban J connectivity index is 2.06. The minimum Gasteiger partial charge on any atom is -0.468 e. The second kappa shape index (κ2) is 7.05. The quantitative estimate of drug-likeness (QED) is 0.814. The fourth-order valence-electron chi connectivity index (χ4n) is 2.67. The van der Waals surface area contributed by atoms with Crippen molar-refractivity contribution >= 4 is 15.7 Å². The van der Waals surface area contributed by atoms with E-state index in [2.05, 4.69) is 5.32 Å². The molecule has 0 aromatic carbocycles. The van der Waals surface area contributed by atoms with Crippen LogP contribution < -0.4 is 5.32 Å². The molecule has 23 heavy (non-hydrogen) atoms. The van der Waals surface area contributed by atoms with Crippen LogP contribution in [0.25, 0.3) is 0 Å². The van der Waals surface area contributed by atoms with E-state index in [1.165, 1.54) is 0 Å². The van der Waals surface area contributed by atoms with Gasteiger partial charge >= 0.3 is 0 Å². The van der Waals surface area contributed by atoms with E-state index in [-0.39, 0.29) is 35.5 Å². The lowest BCUT2D eigenvalue weighted by molar-refractivity contribution is -0.124. The average Bonchev–Trinajstić information content (AvgIpc) is 3.06. The first-order chi connectivity index (χ1) is 10.7. The van der Waals surface area contributed by atoms with E-state index < -0.39 is 9.84 Å². The van der Waals surface area contributed by atoms with Crippen molar-refractivity contribution in [2.24, 2.45) is 0 Å². The van der Waals surface area contributed by atoms with Gasteiger partial charge in [-0.2, -0.15) is 0 Å². The van der Waals surface area contributed by atoms with E-state index in [4.69, 9.17) is 4.42 Å². The summed E-state index contributed by atoms with van der Waals surface area (Å²) in [6.07, 6.45) is 2.97. The van der Waals surface area contributed by atoms with Gasteiger partial charge in [0.25, 0.3) is 0 Å². The molecule has 1 fully saturated rings. The molecular formula is C16H26N2O4S. The summed E-state index contributed by atoms with van der Waals surface area (Å²) in [5, 5.41) is 3.00. The van der Waals surface area contributed by atoms with Crippen LogP contribution in [0.3, 0.4) is 0 Å². The van der Waals surface area contributed by atoms with Crippen LogP contribution in [0.1, 0.15) is 39.4 Å². The second-order valence-electron chi connectivity index (χ2n) is 6.83. The van der Waals surface area contributed by atoms with Gasteiger partial charge in [0.05, 0.1) is 30.9 Å².